The molecule has 0 aliphatic rings. The molecule has 0 aromatic carbocycles. The van der Waals surface area contributed by atoms with E-state index in [9.17, 15) is 5.11 Å². The van der Waals surface area contributed by atoms with E-state index in [1.165, 1.54) is 64.2 Å². The molecule has 0 unspecified atom stereocenters. The quantitative estimate of drug-likeness (QED) is 0.373. The number of hydrogen-bond donors (Lipinski definition) is 0. The van der Waals surface area contributed by atoms with Gasteiger partial charge in [-0.25, -0.2) is 0 Å². The molecule has 0 saturated heterocycles. The predicted octanol–water partition coefficient (Wildman–Crippen LogP) is 0.671. The Kier molecular flexibility index (Phi) is 32.6. The van der Waals surface area contributed by atoms with E-state index in [2.05, 4.69) is 6.92 Å². The molecule has 93 valence electrons. The van der Waals surface area contributed by atoms with Crippen LogP contribution in [0.1, 0.15) is 84.0 Å². The van der Waals surface area contributed by atoms with Crippen LogP contribution in [-0.2, 0) is 0 Å². The van der Waals surface area contributed by atoms with E-state index in [0.717, 1.165) is 12.8 Å². The van der Waals surface area contributed by atoms with Crippen molar-refractivity contribution in [1.82, 2.24) is 0 Å². The number of hydrogen-bond acceptors (Lipinski definition) is 1. The molecule has 3 heteroatoms. The van der Waals surface area contributed by atoms with Crippen molar-refractivity contribution in [3.63, 3.8) is 0 Å². The molecule has 1 radical (unpaired) electrons. The van der Waals surface area contributed by atoms with E-state index in [4.69, 9.17) is 0 Å². The SMILES string of the molecule is CCCCCCCCCCCCCC[O-].[Na+].[Na]. The minimum atomic E-state index is 0. The molecule has 0 fully saturated rings. The number of unbranched alkanes of at least 4 members (excludes halogenated alkanes) is 11. The van der Waals surface area contributed by atoms with Crippen LogP contribution < -0.4 is 34.7 Å². The molecule has 0 aliphatic carbocycles. The molecule has 0 N–H and O–H groups in total. The Bertz CT molecular complexity index is 98.4. The Morgan fingerprint density at radius 2 is 0.882 bits per heavy atom. The summed E-state index contributed by atoms with van der Waals surface area (Å²) in [5, 5.41) is 10.2. The van der Waals surface area contributed by atoms with Crippen LogP contribution in [0.3, 0.4) is 0 Å². The minimum absolute atomic E-state index is 0. The fraction of sp³-hybridized carbons (Fsp3) is 1.00. The monoisotopic (exact) mass is 259 g/mol. The molecule has 0 amide bonds. The van der Waals surface area contributed by atoms with Gasteiger partial charge in [0.25, 0.3) is 0 Å². The average molecular weight is 259 g/mol. The van der Waals surface area contributed by atoms with E-state index in [1.54, 1.807) is 0 Å². The van der Waals surface area contributed by atoms with Crippen LogP contribution in [0.5, 0.6) is 0 Å². The van der Waals surface area contributed by atoms with Gasteiger partial charge in [0.2, 0.25) is 0 Å². The standard InChI is InChI=1S/C14H29O.2Na/c1-2-3-4-5-6-7-8-9-10-11-12-13-14-15;;/h2-14H2,1H3;;/q-1;;+1. The van der Waals surface area contributed by atoms with Crippen LogP contribution >= 0.6 is 0 Å². The second-order valence-electron chi connectivity index (χ2n) is 4.59. The fourth-order valence-corrected chi connectivity index (χ4v) is 1.94. The first-order valence-corrected chi connectivity index (χ1v) is 7.00. The Balaban J connectivity index is -0.000000980. The van der Waals surface area contributed by atoms with E-state index < -0.39 is 0 Å². The molecular weight excluding hydrogens is 230 g/mol. The van der Waals surface area contributed by atoms with E-state index in [-0.39, 0.29) is 65.7 Å². The van der Waals surface area contributed by atoms with Gasteiger partial charge in [-0.1, -0.05) is 84.0 Å². The van der Waals surface area contributed by atoms with Crippen LogP contribution in [0.4, 0.5) is 0 Å². The topological polar surface area (TPSA) is 23.1 Å². The summed E-state index contributed by atoms with van der Waals surface area (Å²) < 4.78 is 0. The van der Waals surface area contributed by atoms with Gasteiger partial charge in [0.05, 0.1) is 0 Å². The van der Waals surface area contributed by atoms with Crippen LogP contribution in [0.25, 0.3) is 0 Å². The predicted molar refractivity (Wildman–Crippen MR) is 71.7 cm³/mol. The largest absolute Gasteiger partial charge is 1.00 e. The van der Waals surface area contributed by atoms with Crippen molar-refractivity contribution < 1.29 is 34.7 Å². The Morgan fingerprint density at radius 3 is 1.18 bits per heavy atom. The molecule has 0 aliphatic heterocycles. The van der Waals surface area contributed by atoms with Gasteiger partial charge in [-0.15, -0.1) is 6.61 Å². The third-order valence-corrected chi connectivity index (χ3v) is 3.00. The van der Waals surface area contributed by atoms with Crippen molar-refractivity contribution in [3.8, 4) is 0 Å². The van der Waals surface area contributed by atoms with Crippen LogP contribution in [0.2, 0.25) is 0 Å². The second kappa shape index (κ2) is 23.1. The minimum Gasteiger partial charge on any atom is -0.854 e. The molecule has 1 nitrogen and oxygen atoms in total. The van der Waals surface area contributed by atoms with Crippen LogP contribution in [-0.4, -0.2) is 36.2 Å². The van der Waals surface area contributed by atoms with Crippen molar-refractivity contribution >= 4 is 29.6 Å². The summed E-state index contributed by atoms with van der Waals surface area (Å²) in [5.74, 6) is 0. The van der Waals surface area contributed by atoms with Gasteiger partial charge in [-0.05, 0) is 0 Å². The summed E-state index contributed by atoms with van der Waals surface area (Å²) in [4.78, 5) is 0. The van der Waals surface area contributed by atoms with Gasteiger partial charge in [0.1, 0.15) is 0 Å². The first-order chi connectivity index (χ1) is 7.41. The fourth-order valence-electron chi connectivity index (χ4n) is 1.94. The van der Waals surface area contributed by atoms with E-state index in [0.29, 0.717) is 0 Å². The molecule has 0 heterocycles. The molecule has 0 rings (SSSR count). The van der Waals surface area contributed by atoms with Crippen molar-refractivity contribution in [1.29, 1.82) is 0 Å². The van der Waals surface area contributed by atoms with Crippen LogP contribution in [0, 0.1) is 0 Å². The molecule has 0 aromatic heterocycles. The molecule has 0 atom stereocenters. The summed E-state index contributed by atoms with van der Waals surface area (Å²) in [7, 11) is 0. The van der Waals surface area contributed by atoms with Gasteiger partial charge in [-0.3, -0.25) is 0 Å². The molecule has 0 aromatic rings. The summed E-state index contributed by atoms with van der Waals surface area (Å²) >= 11 is 0. The third kappa shape index (κ3) is 23.5. The molecule has 0 spiro atoms. The van der Waals surface area contributed by atoms with Gasteiger partial charge in [0.15, 0.2) is 0 Å². The van der Waals surface area contributed by atoms with Crippen LogP contribution in [0.15, 0.2) is 0 Å². The summed E-state index contributed by atoms with van der Waals surface area (Å²) in [6, 6.07) is 0. The first kappa shape index (κ1) is 24.0. The molecular formula is C14H29Na2O. The zero-order valence-electron chi connectivity index (χ0n) is 12.6. The summed E-state index contributed by atoms with van der Waals surface area (Å²) in [6.45, 7) is 2.39. The molecule has 0 bridgehead atoms. The molecule has 17 heavy (non-hydrogen) atoms. The maximum Gasteiger partial charge on any atom is 1.00 e. The zero-order valence-corrected chi connectivity index (χ0v) is 16.6. The maximum absolute atomic E-state index is 10.2. The van der Waals surface area contributed by atoms with Crippen molar-refractivity contribution in [2.24, 2.45) is 0 Å². The molecule has 0 saturated carbocycles. The zero-order chi connectivity index (χ0) is 11.2. The van der Waals surface area contributed by atoms with Gasteiger partial charge < -0.3 is 5.11 Å². The van der Waals surface area contributed by atoms with E-state index in [1.807, 2.05) is 0 Å². The Hall–Kier alpha value is 1.96. The van der Waals surface area contributed by atoms with Crippen molar-refractivity contribution in [2.45, 2.75) is 84.0 Å². The van der Waals surface area contributed by atoms with Crippen molar-refractivity contribution in [2.75, 3.05) is 6.61 Å². The first-order valence-electron chi connectivity index (χ1n) is 7.00. The maximum atomic E-state index is 10.2. The van der Waals surface area contributed by atoms with Crippen molar-refractivity contribution in [3.05, 3.63) is 0 Å². The third-order valence-electron chi connectivity index (χ3n) is 3.00. The Labute approximate surface area is 153 Å². The van der Waals surface area contributed by atoms with Gasteiger partial charge in [-0.2, -0.15) is 0 Å². The van der Waals surface area contributed by atoms with Gasteiger partial charge >= 0.3 is 29.6 Å². The smallest absolute Gasteiger partial charge is 0.854 e. The van der Waals surface area contributed by atoms with E-state index >= 15 is 0 Å². The average Bonchev–Trinajstić information content (AvgIpc) is 2.26. The Morgan fingerprint density at radius 1 is 0.588 bits per heavy atom. The second-order valence-corrected chi connectivity index (χ2v) is 4.59. The van der Waals surface area contributed by atoms with Gasteiger partial charge in [0, 0.05) is 29.6 Å². The summed E-state index contributed by atoms with van der Waals surface area (Å²) in [5.41, 5.74) is 0. The summed E-state index contributed by atoms with van der Waals surface area (Å²) in [6.07, 6.45) is 15.9. The number of rotatable bonds is 12. The normalized spacial score (nSPS) is 9.53.